The fourth-order valence-electron chi connectivity index (χ4n) is 2.99. The molecule has 0 saturated carbocycles. The Morgan fingerprint density at radius 1 is 1.43 bits per heavy atom. The third-order valence-electron chi connectivity index (χ3n) is 4.34. The summed E-state index contributed by atoms with van der Waals surface area (Å²) in [4.78, 5) is 2.36. The first-order chi connectivity index (χ1) is 10.1. The molecule has 1 N–H and O–H groups in total. The van der Waals surface area contributed by atoms with Crippen LogP contribution in [0.2, 0.25) is 0 Å². The molecule has 1 aliphatic rings. The van der Waals surface area contributed by atoms with Crippen LogP contribution in [0.5, 0.6) is 0 Å². The highest BCUT2D eigenvalue weighted by molar-refractivity contribution is 7.80. The van der Waals surface area contributed by atoms with E-state index in [0.717, 1.165) is 30.5 Å². The van der Waals surface area contributed by atoms with Gasteiger partial charge in [0.05, 0.1) is 12.6 Å². The smallest absolute Gasteiger partial charge is 0.169 e. The molecule has 0 aromatic carbocycles. The Kier molecular flexibility index (Phi) is 6.06. The molecule has 1 aromatic rings. The van der Waals surface area contributed by atoms with Crippen molar-refractivity contribution in [3.05, 3.63) is 24.0 Å². The molecule has 118 valence electrons. The van der Waals surface area contributed by atoms with Gasteiger partial charge in [-0.05, 0) is 49.5 Å². The molecule has 1 fully saturated rings. The van der Waals surface area contributed by atoms with Crippen LogP contribution in [0.4, 0.5) is 0 Å². The van der Waals surface area contributed by atoms with E-state index in [4.69, 9.17) is 17.0 Å². The van der Waals surface area contributed by atoms with Crippen molar-refractivity contribution in [1.29, 1.82) is 0 Å². The van der Waals surface area contributed by atoms with E-state index in [9.17, 15) is 0 Å². The van der Waals surface area contributed by atoms with Crippen molar-refractivity contribution < 1.29 is 4.74 Å². The van der Waals surface area contributed by atoms with Gasteiger partial charge in [-0.3, -0.25) is 0 Å². The number of ether oxygens (including phenoxy) is 1. The average Bonchev–Trinajstić information content (AvgIpc) is 2.78. The van der Waals surface area contributed by atoms with Gasteiger partial charge in [-0.15, -0.1) is 0 Å². The van der Waals surface area contributed by atoms with Crippen LogP contribution in [0, 0.1) is 5.92 Å². The first-order valence-corrected chi connectivity index (χ1v) is 8.19. The third-order valence-corrected chi connectivity index (χ3v) is 4.72. The molecule has 0 amide bonds. The van der Waals surface area contributed by atoms with E-state index in [1.807, 2.05) is 0 Å². The van der Waals surface area contributed by atoms with Crippen molar-refractivity contribution in [3.63, 3.8) is 0 Å². The Hall–Kier alpha value is -1.07. The Bertz CT molecular complexity index is 460. The Morgan fingerprint density at radius 3 is 2.90 bits per heavy atom. The summed E-state index contributed by atoms with van der Waals surface area (Å²) in [7, 11) is 3.83. The van der Waals surface area contributed by atoms with Crippen LogP contribution in [-0.2, 0) is 11.8 Å². The maximum absolute atomic E-state index is 5.63. The molecule has 2 rings (SSSR count). The molecular weight excluding hydrogens is 282 g/mol. The number of nitrogens with one attached hydrogen (secondary N) is 1. The summed E-state index contributed by atoms with van der Waals surface area (Å²) in [6, 6.07) is 4.70. The normalized spacial score (nSPS) is 22.9. The van der Waals surface area contributed by atoms with Crippen molar-refractivity contribution in [2.24, 2.45) is 13.0 Å². The number of methoxy groups -OCH3 is 1. The highest BCUT2D eigenvalue weighted by Crippen LogP contribution is 2.32. The zero-order chi connectivity index (χ0) is 15.2. The van der Waals surface area contributed by atoms with E-state index in [1.54, 1.807) is 7.11 Å². The van der Waals surface area contributed by atoms with E-state index < -0.39 is 0 Å². The van der Waals surface area contributed by atoms with E-state index in [2.05, 4.69) is 47.1 Å². The number of thiocarbonyl (C=S) groups is 1. The lowest BCUT2D eigenvalue weighted by Gasteiger charge is -2.33. The second-order valence-corrected chi connectivity index (χ2v) is 6.34. The predicted octanol–water partition coefficient (Wildman–Crippen LogP) is 2.71. The van der Waals surface area contributed by atoms with Crippen molar-refractivity contribution >= 4 is 17.3 Å². The Balaban J connectivity index is 2.12. The summed E-state index contributed by atoms with van der Waals surface area (Å²) >= 11 is 5.63. The van der Waals surface area contributed by atoms with Gasteiger partial charge in [0, 0.05) is 39.1 Å². The van der Waals surface area contributed by atoms with Gasteiger partial charge in [0.1, 0.15) is 0 Å². The number of likely N-dealkylation sites (tertiary alicyclic amines) is 1. The first-order valence-electron chi connectivity index (χ1n) is 7.78. The molecule has 0 aliphatic carbocycles. The van der Waals surface area contributed by atoms with Gasteiger partial charge in [0.15, 0.2) is 5.11 Å². The molecule has 1 aliphatic heterocycles. The highest BCUT2D eigenvalue weighted by atomic mass is 32.1. The molecule has 2 heterocycles. The number of rotatable bonds is 4. The standard InChI is InChI=1S/C16H27N3OS/c1-13-6-7-15(14-5-4-10-18(14)2)19(11-8-13)16(21)17-9-12-20-3/h4-5,10,13,15H,6-9,11-12H2,1-3H3,(H,17,21)/t13-,15-/m0/s1. The molecule has 0 spiro atoms. The van der Waals surface area contributed by atoms with Crippen molar-refractivity contribution in [2.75, 3.05) is 26.8 Å². The summed E-state index contributed by atoms with van der Waals surface area (Å²) in [6.07, 6.45) is 5.73. The molecular formula is C16H27N3OS. The van der Waals surface area contributed by atoms with Crippen molar-refractivity contribution in [1.82, 2.24) is 14.8 Å². The van der Waals surface area contributed by atoms with Gasteiger partial charge in [-0.25, -0.2) is 0 Å². The highest BCUT2D eigenvalue weighted by Gasteiger charge is 2.28. The van der Waals surface area contributed by atoms with Crippen LogP contribution in [0.25, 0.3) is 0 Å². The largest absolute Gasteiger partial charge is 0.383 e. The maximum Gasteiger partial charge on any atom is 0.169 e. The topological polar surface area (TPSA) is 29.4 Å². The van der Waals surface area contributed by atoms with E-state index in [0.29, 0.717) is 12.6 Å². The van der Waals surface area contributed by atoms with E-state index in [-0.39, 0.29) is 0 Å². The number of nitrogens with zero attached hydrogens (tertiary/aromatic N) is 2. The van der Waals surface area contributed by atoms with Gasteiger partial charge in [0.25, 0.3) is 0 Å². The third kappa shape index (κ3) is 4.20. The van der Waals surface area contributed by atoms with Gasteiger partial charge >= 0.3 is 0 Å². The number of hydrogen-bond donors (Lipinski definition) is 1. The molecule has 0 radical (unpaired) electrons. The summed E-state index contributed by atoms with van der Waals surface area (Å²) in [6.45, 7) is 4.81. The first kappa shape index (κ1) is 16.3. The number of hydrogen-bond acceptors (Lipinski definition) is 2. The lowest BCUT2D eigenvalue weighted by molar-refractivity contribution is 0.202. The minimum Gasteiger partial charge on any atom is -0.383 e. The summed E-state index contributed by atoms with van der Waals surface area (Å²) in [5, 5.41) is 4.18. The van der Waals surface area contributed by atoms with Crippen LogP contribution in [0.3, 0.4) is 0 Å². The zero-order valence-corrected chi connectivity index (χ0v) is 14.2. The van der Waals surface area contributed by atoms with Crippen LogP contribution < -0.4 is 5.32 Å². The molecule has 0 bridgehead atoms. The quantitative estimate of drug-likeness (QED) is 0.684. The molecule has 1 saturated heterocycles. The van der Waals surface area contributed by atoms with Crippen LogP contribution in [0.1, 0.15) is 37.9 Å². The Morgan fingerprint density at radius 2 is 2.24 bits per heavy atom. The van der Waals surface area contributed by atoms with Crippen molar-refractivity contribution in [2.45, 2.75) is 32.2 Å². The SMILES string of the molecule is COCCNC(=S)N1CC[C@@H](C)CC[C@H]1c1cccn1C. The minimum atomic E-state index is 0.373. The molecule has 2 atom stereocenters. The summed E-state index contributed by atoms with van der Waals surface area (Å²) in [5.74, 6) is 0.763. The summed E-state index contributed by atoms with van der Waals surface area (Å²) in [5.41, 5.74) is 1.35. The molecule has 21 heavy (non-hydrogen) atoms. The number of aromatic nitrogens is 1. The van der Waals surface area contributed by atoms with Crippen LogP contribution in [0.15, 0.2) is 18.3 Å². The van der Waals surface area contributed by atoms with Gasteiger partial charge < -0.3 is 19.5 Å². The second-order valence-electron chi connectivity index (χ2n) is 5.95. The van der Waals surface area contributed by atoms with Crippen LogP contribution >= 0.6 is 12.2 Å². The van der Waals surface area contributed by atoms with Crippen molar-refractivity contribution in [3.8, 4) is 0 Å². The fraction of sp³-hybridized carbons (Fsp3) is 0.688. The van der Waals surface area contributed by atoms with Gasteiger partial charge in [-0.1, -0.05) is 6.92 Å². The molecule has 4 nitrogen and oxygen atoms in total. The molecule has 1 aromatic heterocycles. The lowest BCUT2D eigenvalue weighted by Crippen LogP contribution is -2.43. The summed E-state index contributed by atoms with van der Waals surface area (Å²) < 4.78 is 7.31. The predicted molar refractivity (Wildman–Crippen MR) is 90.4 cm³/mol. The minimum absolute atomic E-state index is 0.373. The molecule has 5 heteroatoms. The zero-order valence-electron chi connectivity index (χ0n) is 13.3. The molecule has 0 unspecified atom stereocenters. The van der Waals surface area contributed by atoms with Gasteiger partial charge in [0.2, 0.25) is 0 Å². The average molecular weight is 309 g/mol. The lowest BCUT2D eigenvalue weighted by atomic mass is 10.0. The maximum atomic E-state index is 5.63. The monoisotopic (exact) mass is 309 g/mol. The van der Waals surface area contributed by atoms with E-state index in [1.165, 1.54) is 18.5 Å². The van der Waals surface area contributed by atoms with Gasteiger partial charge in [-0.2, -0.15) is 0 Å². The van der Waals surface area contributed by atoms with Crippen LogP contribution in [-0.4, -0.2) is 41.4 Å². The van der Waals surface area contributed by atoms with E-state index >= 15 is 0 Å². The second kappa shape index (κ2) is 7.80. The Labute approximate surface area is 133 Å². The fourth-order valence-corrected chi connectivity index (χ4v) is 3.31. The number of aryl methyl sites for hydroxylation is 1.